The Morgan fingerprint density at radius 2 is 2.07 bits per heavy atom. The first-order valence-electron chi connectivity index (χ1n) is 9.35. The molecule has 6 nitrogen and oxygen atoms in total. The quantitative estimate of drug-likeness (QED) is 0.587. The number of nitrogens with zero attached hydrogens (tertiary/aromatic N) is 2. The van der Waals surface area contributed by atoms with Crippen LogP contribution in [-0.2, 0) is 10.0 Å². The molecule has 0 aromatic carbocycles. The summed E-state index contributed by atoms with van der Waals surface area (Å²) in [6, 6.07) is 1.78. The fourth-order valence-electron chi connectivity index (χ4n) is 3.61. The molecule has 0 spiro atoms. The van der Waals surface area contributed by atoms with Crippen molar-refractivity contribution in [2.45, 2.75) is 38.2 Å². The molecule has 27 heavy (non-hydrogen) atoms. The Labute approximate surface area is 166 Å². The van der Waals surface area contributed by atoms with E-state index in [1.165, 1.54) is 10.6 Å². The third-order valence-corrected chi connectivity index (χ3v) is 6.78. The van der Waals surface area contributed by atoms with E-state index in [2.05, 4.69) is 22.1 Å². The maximum Gasteiger partial charge on any atom is 0.211 e. The molecule has 2 heterocycles. The Hall–Kier alpha value is -1.33. The van der Waals surface area contributed by atoms with E-state index in [4.69, 9.17) is 11.6 Å². The molecular weight excluding hydrogens is 386 g/mol. The number of anilines is 1. The van der Waals surface area contributed by atoms with Crippen LogP contribution in [0.5, 0.6) is 0 Å². The number of hydrogen-bond acceptors (Lipinski definition) is 5. The molecule has 148 valence electrons. The minimum Gasteiger partial charge on any atom is -0.393 e. The van der Waals surface area contributed by atoms with Crippen LogP contribution >= 0.6 is 11.6 Å². The summed E-state index contributed by atoms with van der Waals surface area (Å²) >= 11 is 6.05. The number of rotatable bonds is 4. The lowest BCUT2D eigenvalue weighted by Crippen LogP contribution is -2.27. The minimum atomic E-state index is -3.15. The zero-order valence-electron chi connectivity index (χ0n) is 15.5. The van der Waals surface area contributed by atoms with Gasteiger partial charge in [-0.3, -0.25) is 0 Å². The minimum absolute atomic E-state index is 0.0306. The highest BCUT2D eigenvalue weighted by Crippen LogP contribution is 2.26. The van der Waals surface area contributed by atoms with Crippen LogP contribution in [-0.4, -0.2) is 54.8 Å². The lowest BCUT2D eigenvalue weighted by molar-refractivity contribution is 0.111. The number of nitrogens with one attached hydrogen (secondary N) is 1. The van der Waals surface area contributed by atoms with Gasteiger partial charge in [0.2, 0.25) is 10.0 Å². The van der Waals surface area contributed by atoms with E-state index in [1.54, 1.807) is 12.3 Å². The number of pyridine rings is 1. The summed E-state index contributed by atoms with van der Waals surface area (Å²) in [4.78, 5) is 4.13. The van der Waals surface area contributed by atoms with E-state index in [0.717, 1.165) is 49.9 Å². The van der Waals surface area contributed by atoms with Gasteiger partial charge >= 0.3 is 0 Å². The van der Waals surface area contributed by atoms with E-state index in [1.807, 2.05) is 0 Å². The van der Waals surface area contributed by atoms with Crippen LogP contribution in [0, 0.1) is 23.7 Å². The van der Waals surface area contributed by atoms with Crippen molar-refractivity contribution in [3.63, 3.8) is 0 Å². The first-order valence-corrected chi connectivity index (χ1v) is 11.6. The number of aliphatic hydroxyl groups excluding tert-OH is 1. The average Bonchev–Trinajstić information content (AvgIpc) is 3.10. The molecule has 0 radical (unpaired) electrons. The van der Waals surface area contributed by atoms with Gasteiger partial charge in [-0.05, 0) is 44.1 Å². The van der Waals surface area contributed by atoms with Crippen molar-refractivity contribution in [3.8, 4) is 11.8 Å². The molecule has 1 saturated heterocycles. The van der Waals surface area contributed by atoms with Crippen molar-refractivity contribution >= 4 is 27.3 Å². The van der Waals surface area contributed by atoms with Gasteiger partial charge in [0.25, 0.3) is 0 Å². The molecule has 2 fully saturated rings. The topological polar surface area (TPSA) is 82.5 Å². The molecule has 2 aliphatic rings. The monoisotopic (exact) mass is 411 g/mol. The van der Waals surface area contributed by atoms with Gasteiger partial charge in [0, 0.05) is 31.7 Å². The standard InChI is InChI=1S/C19H26ClN3O3S/c1-27(25,26)23-9-8-15(13-23)2-5-16-12-22-19(20)10-18(16)21-11-14-3-6-17(24)7-4-14/h10,12,14-15,17,24H,3-4,6-9,11,13H2,1H3,(H,21,22). The molecule has 1 aromatic rings. The van der Waals surface area contributed by atoms with E-state index < -0.39 is 10.0 Å². The van der Waals surface area contributed by atoms with Gasteiger partial charge in [0.1, 0.15) is 5.15 Å². The fraction of sp³-hybridized carbons (Fsp3) is 0.632. The number of aliphatic hydroxyl groups is 1. The van der Waals surface area contributed by atoms with Crippen molar-refractivity contribution in [3.05, 3.63) is 23.0 Å². The van der Waals surface area contributed by atoms with Crippen molar-refractivity contribution < 1.29 is 13.5 Å². The third-order valence-electron chi connectivity index (χ3n) is 5.30. The molecule has 1 atom stereocenters. The second-order valence-corrected chi connectivity index (χ2v) is 9.85. The summed E-state index contributed by atoms with van der Waals surface area (Å²) < 4.78 is 24.7. The van der Waals surface area contributed by atoms with Crippen LogP contribution < -0.4 is 5.32 Å². The Morgan fingerprint density at radius 3 is 2.74 bits per heavy atom. The van der Waals surface area contributed by atoms with E-state index >= 15 is 0 Å². The molecule has 8 heteroatoms. The Morgan fingerprint density at radius 1 is 1.33 bits per heavy atom. The van der Waals surface area contributed by atoms with Gasteiger partial charge in [-0.2, -0.15) is 0 Å². The highest BCUT2D eigenvalue weighted by molar-refractivity contribution is 7.88. The van der Waals surface area contributed by atoms with E-state index in [-0.39, 0.29) is 12.0 Å². The van der Waals surface area contributed by atoms with Gasteiger partial charge < -0.3 is 10.4 Å². The summed E-state index contributed by atoms with van der Waals surface area (Å²) in [6.07, 6.45) is 7.21. The molecular formula is C19H26ClN3O3S. The number of aromatic nitrogens is 1. The zero-order valence-corrected chi connectivity index (χ0v) is 17.1. The molecule has 1 aliphatic carbocycles. The average molecular weight is 412 g/mol. The van der Waals surface area contributed by atoms with Crippen LogP contribution in [0.15, 0.2) is 12.3 Å². The Bertz CT molecular complexity index is 826. The van der Waals surface area contributed by atoms with Gasteiger partial charge in [-0.1, -0.05) is 23.4 Å². The number of sulfonamides is 1. The Balaban J connectivity index is 1.65. The lowest BCUT2D eigenvalue weighted by Gasteiger charge is -2.26. The van der Waals surface area contributed by atoms with Crippen LogP contribution in [0.4, 0.5) is 5.69 Å². The molecule has 1 unspecified atom stereocenters. The fourth-order valence-corrected chi connectivity index (χ4v) is 4.65. The second-order valence-electron chi connectivity index (χ2n) is 7.48. The molecule has 0 bridgehead atoms. The molecule has 0 amide bonds. The molecule has 3 rings (SSSR count). The second kappa shape index (κ2) is 8.78. The molecule has 2 N–H and O–H groups in total. The highest BCUT2D eigenvalue weighted by atomic mass is 35.5. The van der Waals surface area contributed by atoms with Gasteiger partial charge in [-0.15, -0.1) is 0 Å². The van der Waals surface area contributed by atoms with Crippen LogP contribution in [0.3, 0.4) is 0 Å². The van der Waals surface area contributed by atoms with Crippen molar-refractivity contribution in [2.24, 2.45) is 11.8 Å². The predicted octanol–water partition coefficient (Wildman–Crippen LogP) is 2.33. The molecule has 1 saturated carbocycles. The molecule has 1 aromatic heterocycles. The van der Waals surface area contributed by atoms with Crippen LogP contribution in [0.25, 0.3) is 0 Å². The summed E-state index contributed by atoms with van der Waals surface area (Å²) in [6.45, 7) is 1.78. The van der Waals surface area contributed by atoms with Crippen molar-refractivity contribution in [1.29, 1.82) is 0 Å². The normalized spacial score (nSPS) is 26.4. The third kappa shape index (κ3) is 5.82. The largest absolute Gasteiger partial charge is 0.393 e. The predicted molar refractivity (Wildman–Crippen MR) is 107 cm³/mol. The van der Waals surface area contributed by atoms with Crippen molar-refractivity contribution in [1.82, 2.24) is 9.29 Å². The number of hydrogen-bond donors (Lipinski definition) is 2. The van der Waals surface area contributed by atoms with E-state index in [0.29, 0.717) is 24.2 Å². The smallest absolute Gasteiger partial charge is 0.211 e. The van der Waals surface area contributed by atoms with Gasteiger partial charge in [-0.25, -0.2) is 17.7 Å². The summed E-state index contributed by atoms with van der Waals surface area (Å²) in [5.41, 5.74) is 1.62. The lowest BCUT2D eigenvalue weighted by atomic mass is 9.87. The van der Waals surface area contributed by atoms with Crippen molar-refractivity contribution in [2.75, 3.05) is 31.2 Å². The maximum absolute atomic E-state index is 11.6. The SMILES string of the molecule is CS(=O)(=O)N1CCC(C#Cc2cnc(Cl)cc2NCC2CCC(O)CC2)C1. The van der Waals surface area contributed by atoms with E-state index in [9.17, 15) is 13.5 Å². The first kappa shape index (κ1) is 20.4. The summed E-state index contributed by atoms with van der Waals surface area (Å²) in [5, 5.41) is 13.5. The Kier molecular flexibility index (Phi) is 6.64. The van der Waals surface area contributed by atoms with Gasteiger partial charge in [0.05, 0.1) is 23.6 Å². The van der Waals surface area contributed by atoms with Gasteiger partial charge in [0.15, 0.2) is 0 Å². The highest BCUT2D eigenvalue weighted by Gasteiger charge is 2.27. The van der Waals surface area contributed by atoms with Crippen LogP contribution in [0.2, 0.25) is 5.15 Å². The van der Waals surface area contributed by atoms with Crippen LogP contribution in [0.1, 0.15) is 37.7 Å². The maximum atomic E-state index is 11.6. The first-order chi connectivity index (χ1) is 12.8. The summed E-state index contributed by atoms with van der Waals surface area (Å²) in [7, 11) is -3.15. The molecule has 1 aliphatic heterocycles. The zero-order chi connectivity index (χ0) is 19.4. The summed E-state index contributed by atoms with van der Waals surface area (Å²) in [5.74, 6) is 6.90. The number of halogens is 1.